The molecular weight excluding hydrogens is 552 g/mol. The third-order valence-electron chi connectivity index (χ3n) is 8.82. The third kappa shape index (κ3) is 6.36. The molecule has 2 fully saturated rings. The number of piperazine rings is 1. The summed E-state index contributed by atoms with van der Waals surface area (Å²) in [6.07, 6.45) is 4.32. The number of amides is 1. The van der Waals surface area contributed by atoms with Crippen LogP contribution >= 0.6 is 0 Å². The maximum Gasteiger partial charge on any atom is 0.355 e. The van der Waals surface area contributed by atoms with Gasteiger partial charge in [-0.05, 0) is 85.3 Å². The van der Waals surface area contributed by atoms with E-state index in [1.165, 1.54) is 12.8 Å². The van der Waals surface area contributed by atoms with Gasteiger partial charge < -0.3 is 29.6 Å². The molecule has 2 aliphatic rings. The van der Waals surface area contributed by atoms with Crippen molar-refractivity contribution in [3.05, 3.63) is 107 Å². The Morgan fingerprint density at radius 3 is 2.45 bits per heavy atom. The van der Waals surface area contributed by atoms with Crippen molar-refractivity contribution in [2.45, 2.75) is 51.4 Å². The summed E-state index contributed by atoms with van der Waals surface area (Å²) >= 11 is 0. The predicted molar refractivity (Wildman–Crippen MR) is 172 cm³/mol. The molecule has 6 rings (SSSR count). The minimum Gasteiger partial charge on any atom is -0.497 e. The summed E-state index contributed by atoms with van der Waals surface area (Å²) in [5.41, 5.74) is 6.74. The SMILES string of the molecule is COc1cc(-c2cc(C(=O)OCc3ccccc3)n(C)c2)cc([C@@H](C)NC(=O)c2cc(N3C[C@H]4CC[C@@H](C3)N4)ccc2C)c1. The van der Waals surface area contributed by atoms with Crippen LogP contribution in [0.3, 0.4) is 0 Å². The highest BCUT2D eigenvalue weighted by Gasteiger charge is 2.32. The molecule has 1 amide bonds. The number of anilines is 1. The normalized spacial score (nSPS) is 18.1. The smallest absolute Gasteiger partial charge is 0.355 e. The lowest BCUT2D eigenvalue weighted by molar-refractivity contribution is 0.0461. The van der Waals surface area contributed by atoms with Gasteiger partial charge in [0.25, 0.3) is 5.91 Å². The van der Waals surface area contributed by atoms with Gasteiger partial charge in [0.05, 0.1) is 13.2 Å². The van der Waals surface area contributed by atoms with Gasteiger partial charge in [-0.1, -0.05) is 36.4 Å². The zero-order valence-electron chi connectivity index (χ0n) is 25.8. The molecule has 1 aromatic heterocycles. The van der Waals surface area contributed by atoms with Crippen LogP contribution in [0.4, 0.5) is 5.69 Å². The van der Waals surface area contributed by atoms with Gasteiger partial charge in [-0.15, -0.1) is 0 Å². The van der Waals surface area contributed by atoms with Crippen LogP contribution in [0.25, 0.3) is 11.1 Å². The molecular formula is C36H40N4O4. The fourth-order valence-electron chi connectivity index (χ4n) is 6.30. The predicted octanol–water partition coefficient (Wildman–Crippen LogP) is 5.80. The summed E-state index contributed by atoms with van der Waals surface area (Å²) < 4.78 is 13.0. The van der Waals surface area contributed by atoms with Crippen LogP contribution in [0.1, 0.15) is 63.3 Å². The number of hydrogen-bond donors (Lipinski definition) is 2. The quantitative estimate of drug-likeness (QED) is 0.239. The van der Waals surface area contributed by atoms with E-state index in [9.17, 15) is 9.59 Å². The van der Waals surface area contributed by atoms with E-state index in [1.807, 2.05) is 93.8 Å². The van der Waals surface area contributed by atoms with Crippen LogP contribution in [0, 0.1) is 6.92 Å². The number of nitrogens with one attached hydrogen (secondary N) is 2. The number of hydrogen-bond acceptors (Lipinski definition) is 6. The van der Waals surface area contributed by atoms with Crippen molar-refractivity contribution in [3.63, 3.8) is 0 Å². The maximum absolute atomic E-state index is 13.6. The largest absolute Gasteiger partial charge is 0.497 e. The second-order valence-corrected chi connectivity index (χ2v) is 12.0. The second kappa shape index (κ2) is 12.6. The molecule has 2 N–H and O–H groups in total. The van der Waals surface area contributed by atoms with Gasteiger partial charge in [0.2, 0.25) is 0 Å². The van der Waals surface area contributed by atoms with E-state index < -0.39 is 5.97 Å². The van der Waals surface area contributed by atoms with E-state index in [1.54, 1.807) is 11.7 Å². The fraction of sp³-hybridized carbons (Fsp3) is 0.333. The number of nitrogens with zero attached hydrogens (tertiary/aromatic N) is 2. The molecule has 2 saturated heterocycles. The van der Waals surface area contributed by atoms with Gasteiger partial charge in [-0.2, -0.15) is 0 Å². The molecule has 2 bridgehead atoms. The molecule has 3 aromatic carbocycles. The topological polar surface area (TPSA) is 84.8 Å². The van der Waals surface area contributed by atoms with Gasteiger partial charge in [-0.3, -0.25) is 4.79 Å². The van der Waals surface area contributed by atoms with Crippen LogP contribution < -0.4 is 20.3 Å². The number of carbonyl (C=O) groups is 2. The summed E-state index contributed by atoms with van der Waals surface area (Å²) in [4.78, 5) is 28.9. The third-order valence-corrected chi connectivity index (χ3v) is 8.82. The van der Waals surface area contributed by atoms with E-state index in [4.69, 9.17) is 9.47 Å². The number of aromatic nitrogens is 1. The van der Waals surface area contributed by atoms with E-state index in [2.05, 4.69) is 21.6 Å². The summed E-state index contributed by atoms with van der Waals surface area (Å²) in [5, 5.41) is 6.88. The first-order valence-electron chi connectivity index (χ1n) is 15.3. The summed E-state index contributed by atoms with van der Waals surface area (Å²) in [6, 6.07) is 24.3. The Bertz CT molecular complexity index is 1650. The van der Waals surface area contributed by atoms with Crippen LogP contribution in [-0.2, 0) is 18.4 Å². The Morgan fingerprint density at radius 2 is 1.73 bits per heavy atom. The first-order valence-corrected chi connectivity index (χ1v) is 15.3. The standard InChI is InChI=1S/C36H40N4O4/c1-23-10-13-31(40-20-29-11-12-30(21-40)38-29)18-33(23)35(41)37-24(2)26-14-27(16-32(15-26)43-4)28-17-34(39(3)19-28)36(42)44-22-25-8-6-5-7-9-25/h5-10,13-19,24,29-30,38H,11-12,20-22H2,1-4H3,(H,37,41)/t24-,29-,30+/m1/s1. The first-order chi connectivity index (χ1) is 21.3. The molecule has 3 atom stereocenters. The molecule has 4 aromatic rings. The van der Waals surface area contributed by atoms with Gasteiger partial charge in [0, 0.05) is 55.2 Å². The lowest BCUT2D eigenvalue weighted by atomic mass is 10.00. The van der Waals surface area contributed by atoms with Crippen molar-refractivity contribution in [2.75, 3.05) is 25.1 Å². The molecule has 228 valence electrons. The second-order valence-electron chi connectivity index (χ2n) is 12.0. The zero-order chi connectivity index (χ0) is 30.8. The monoisotopic (exact) mass is 592 g/mol. The average molecular weight is 593 g/mol. The number of benzene rings is 3. The minimum atomic E-state index is -0.391. The van der Waals surface area contributed by atoms with Crippen molar-refractivity contribution < 1.29 is 19.1 Å². The average Bonchev–Trinajstić information content (AvgIpc) is 3.60. The lowest BCUT2D eigenvalue weighted by Gasteiger charge is -2.35. The van der Waals surface area contributed by atoms with E-state index in [0.29, 0.717) is 29.1 Å². The van der Waals surface area contributed by atoms with E-state index in [0.717, 1.165) is 46.6 Å². The van der Waals surface area contributed by atoms with Crippen molar-refractivity contribution in [2.24, 2.45) is 7.05 Å². The molecule has 2 aliphatic heterocycles. The Morgan fingerprint density at radius 1 is 0.977 bits per heavy atom. The molecule has 0 unspecified atom stereocenters. The summed E-state index contributed by atoms with van der Waals surface area (Å²) in [6.45, 7) is 6.10. The molecule has 0 radical (unpaired) electrons. The van der Waals surface area contributed by atoms with Crippen LogP contribution in [0.15, 0.2) is 79.0 Å². The van der Waals surface area contributed by atoms with Crippen molar-refractivity contribution in [1.29, 1.82) is 0 Å². The number of esters is 1. The molecule has 44 heavy (non-hydrogen) atoms. The van der Waals surface area contributed by atoms with Gasteiger partial charge in [-0.25, -0.2) is 4.79 Å². The van der Waals surface area contributed by atoms with Crippen LogP contribution in [-0.4, -0.2) is 48.7 Å². The number of rotatable bonds is 9. The summed E-state index contributed by atoms with van der Waals surface area (Å²) in [5.74, 6) is 0.169. The number of ether oxygens (including phenoxy) is 2. The van der Waals surface area contributed by atoms with Crippen LogP contribution in [0.5, 0.6) is 5.75 Å². The number of carbonyl (C=O) groups excluding carboxylic acids is 2. The number of fused-ring (bicyclic) bond motifs is 2. The Labute approximate surface area is 259 Å². The van der Waals surface area contributed by atoms with Gasteiger partial charge >= 0.3 is 5.97 Å². The maximum atomic E-state index is 13.6. The van der Waals surface area contributed by atoms with E-state index >= 15 is 0 Å². The lowest BCUT2D eigenvalue weighted by Crippen LogP contribution is -2.51. The Balaban J connectivity index is 1.18. The summed E-state index contributed by atoms with van der Waals surface area (Å²) in [7, 11) is 3.45. The molecule has 0 saturated carbocycles. The van der Waals surface area contributed by atoms with Crippen molar-refractivity contribution >= 4 is 17.6 Å². The molecule has 0 spiro atoms. The molecule has 3 heterocycles. The molecule has 8 nitrogen and oxygen atoms in total. The highest BCUT2D eigenvalue weighted by molar-refractivity contribution is 5.97. The van der Waals surface area contributed by atoms with Crippen molar-refractivity contribution in [3.8, 4) is 16.9 Å². The Kier molecular flexibility index (Phi) is 8.44. The highest BCUT2D eigenvalue weighted by Crippen LogP contribution is 2.31. The number of methoxy groups -OCH3 is 1. The minimum absolute atomic E-state index is 0.109. The van der Waals surface area contributed by atoms with Crippen molar-refractivity contribution in [1.82, 2.24) is 15.2 Å². The number of aryl methyl sites for hydroxylation is 2. The van der Waals surface area contributed by atoms with E-state index in [-0.39, 0.29) is 18.6 Å². The van der Waals surface area contributed by atoms with Gasteiger partial charge in [0.15, 0.2) is 0 Å². The Hall–Kier alpha value is -4.56. The fourth-order valence-corrected chi connectivity index (χ4v) is 6.30. The first kappa shape index (κ1) is 29.5. The molecule has 8 heteroatoms. The van der Waals surface area contributed by atoms with Crippen LogP contribution in [0.2, 0.25) is 0 Å². The molecule has 0 aliphatic carbocycles. The zero-order valence-corrected chi connectivity index (χ0v) is 25.8. The highest BCUT2D eigenvalue weighted by atomic mass is 16.5. The van der Waals surface area contributed by atoms with Gasteiger partial charge in [0.1, 0.15) is 18.1 Å².